The van der Waals surface area contributed by atoms with E-state index in [1.54, 1.807) is 21.3 Å². The van der Waals surface area contributed by atoms with E-state index in [1.165, 1.54) is 0 Å². The van der Waals surface area contributed by atoms with Crippen LogP contribution in [-0.2, 0) is 0 Å². The van der Waals surface area contributed by atoms with E-state index in [1.807, 2.05) is 24.3 Å². The Morgan fingerprint density at radius 3 is 2.18 bits per heavy atom. The molecule has 0 saturated carbocycles. The van der Waals surface area contributed by atoms with Crippen LogP contribution < -0.4 is 14.2 Å². The summed E-state index contributed by atoms with van der Waals surface area (Å²) in [5.74, 6) is 1.95. The normalized spacial score (nSPS) is 10.4. The minimum atomic E-state index is 0.610. The van der Waals surface area contributed by atoms with Gasteiger partial charge in [-0.15, -0.1) is 0 Å². The third-order valence-corrected chi connectivity index (χ3v) is 2.71. The molecule has 17 heavy (non-hydrogen) atoms. The molecule has 0 N–H and O–H groups in total. The third-order valence-electron chi connectivity index (χ3n) is 2.71. The van der Waals surface area contributed by atoms with Crippen LogP contribution in [0.4, 0.5) is 0 Å². The van der Waals surface area contributed by atoms with Gasteiger partial charge in [0.1, 0.15) is 0 Å². The van der Waals surface area contributed by atoms with Crippen molar-refractivity contribution in [3.63, 3.8) is 0 Å². The zero-order chi connectivity index (χ0) is 12.4. The first kappa shape index (κ1) is 11.6. The number of ether oxygens (including phenoxy) is 3. The van der Waals surface area contributed by atoms with Gasteiger partial charge in [0, 0.05) is 5.39 Å². The van der Waals surface area contributed by atoms with Crippen molar-refractivity contribution in [3.05, 3.63) is 36.8 Å². The van der Waals surface area contributed by atoms with Crippen molar-refractivity contribution in [2.24, 2.45) is 0 Å². The summed E-state index contributed by atoms with van der Waals surface area (Å²) in [7, 11) is 4.83. The molecule has 0 bridgehead atoms. The first-order valence-corrected chi connectivity index (χ1v) is 5.26. The molecule has 0 saturated heterocycles. The van der Waals surface area contributed by atoms with Crippen LogP contribution in [0.25, 0.3) is 10.8 Å². The number of fused-ring (bicyclic) bond motifs is 1. The van der Waals surface area contributed by atoms with Crippen LogP contribution in [0.1, 0.15) is 5.56 Å². The maximum Gasteiger partial charge on any atom is 0.203 e. The summed E-state index contributed by atoms with van der Waals surface area (Å²) in [6.45, 7) is 3.91. The van der Waals surface area contributed by atoms with Crippen LogP contribution in [-0.4, -0.2) is 21.3 Å². The van der Waals surface area contributed by atoms with Crippen molar-refractivity contribution in [1.29, 1.82) is 0 Å². The van der Waals surface area contributed by atoms with Crippen LogP contribution in [0.2, 0.25) is 0 Å². The highest BCUT2D eigenvalue weighted by Gasteiger charge is 2.15. The number of methoxy groups -OCH3 is 3. The smallest absolute Gasteiger partial charge is 0.203 e. The summed E-state index contributed by atoms with van der Waals surface area (Å²) in [4.78, 5) is 0. The Labute approximate surface area is 101 Å². The molecule has 0 atom stereocenters. The summed E-state index contributed by atoms with van der Waals surface area (Å²) >= 11 is 0. The maximum atomic E-state index is 5.41. The molecule has 0 aliphatic carbocycles. The highest BCUT2D eigenvalue weighted by molar-refractivity contribution is 5.93. The number of hydrogen-bond donors (Lipinski definition) is 0. The van der Waals surface area contributed by atoms with Gasteiger partial charge in [-0.25, -0.2) is 0 Å². The fourth-order valence-electron chi connectivity index (χ4n) is 1.93. The largest absolute Gasteiger partial charge is 0.493 e. The van der Waals surface area contributed by atoms with Crippen LogP contribution in [0.15, 0.2) is 24.3 Å². The highest BCUT2D eigenvalue weighted by atomic mass is 16.5. The van der Waals surface area contributed by atoms with E-state index in [2.05, 4.69) is 6.92 Å². The van der Waals surface area contributed by atoms with Crippen LogP contribution in [0.3, 0.4) is 0 Å². The Morgan fingerprint density at radius 2 is 1.59 bits per heavy atom. The Hall–Kier alpha value is -1.90. The van der Waals surface area contributed by atoms with Crippen LogP contribution >= 0.6 is 0 Å². The van der Waals surface area contributed by atoms with Crippen molar-refractivity contribution in [2.45, 2.75) is 0 Å². The molecule has 0 unspecified atom stereocenters. The van der Waals surface area contributed by atoms with E-state index in [9.17, 15) is 0 Å². The van der Waals surface area contributed by atoms with Gasteiger partial charge in [0.25, 0.3) is 0 Å². The average Bonchev–Trinajstić information content (AvgIpc) is 2.35. The minimum absolute atomic E-state index is 0.610. The van der Waals surface area contributed by atoms with Gasteiger partial charge in [0.2, 0.25) is 5.75 Å². The molecule has 0 amide bonds. The van der Waals surface area contributed by atoms with E-state index >= 15 is 0 Å². The predicted molar refractivity (Wildman–Crippen MR) is 68.1 cm³/mol. The number of hydrogen-bond acceptors (Lipinski definition) is 3. The molecular formula is C14H15O3. The van der Waals surface area contributed by atoms with Crippen molar-refractivity contribution >= 4 is 10.8 Å². The molecule has 2 aromatic carbocycles. The van der Waals surface area contributed by atoms with Crippen LogP contribution in [0, 0.1) is 6.92 Å². The topological polar surface area (TPSA) is 27.7 Å². The highest BCUT2D eigenvalue weighted by Crippen LogP contribution is 2.43. The fraction of sp³-hybridized carbons (Fsp3) is 0.214. The quantitative estimate of drug-likeness (QED) is 0.812. The zero-order valence-electron chi connectivity index (χ0n) is 10.2. The maximum absolute atomic E-state index is 5.41. The van der Waals surface area contributed by atoms with Gasteiger partial charge in [-0.3, -0.25) is 0 Å². The Kier molecular flexibility index (Phi) is 3.09. The Bertz CT molecular complexity index is 547. The van der Waals surface area contributed by atoms with Crippen molar-refractivity contribution < 1.29 is 14.2 Å². The summed E-state index contributed by atoms with van der Waals surface area (Å²) in [5, 5.41) is 2.00. The molecule has 89 valence electrons. The monoisotopic (exact) mass is 231 g/mol. The molecule has 2 rings (SSSR count). The standard InChI is InChI=1S/C14H15O3/c1-9-5-6-11-10(7-9)8-12(15-2)14(17-4)13(11)16-3/h5-8H,1H2,2-4H3. The summed E-state index contributed by atoms with van der Waals surface area (Å²) in [5.41, 5.74) is 0.951. The van der Waals surface area contributed by atoms with Gasteiger partial charge in [-0.05, 0) is 23.9 Å². The lowest BCUT2D eigenvalue weighted by Crippen LogP contribution is -1.96. The second-order valence-electron chi connectivity index (χ2n) is 3.70. The lowest BCUT2D eigenvalue weighted by molar-refractivity contribution is 0.327. The van der Waals surface area contributed by atoms with Gasteiger partial charge in [-0.2, -0.15) is 0 Å². The lowest BCUT2D eigenvalue weighted by atomic mass is 10.1. The van der Waals surface area contributed by atoms with Gasteiger partial charge in [0.15, 0.2) is 11.5 Å². The molecule has 1 radical (unpaired) electrons. The molecule has 0 spiro atoms. The lowest BCUT2D eigenvalue weighted by Gasteiger charge is -2.14. The summed E-state index contributed by atoms with van der Waals surface area (Å²) < 4.78 is 16.0. The third kappa shape index (κ3) is 1.88. The van der Waals surface area contributed by atoms with E-state index in [0.29, 0.717) is 17.2 Å². The van der Waals surface area contributed by atoms with Gasteiger partial charge in [0.05, 0.1) is 21.3 Å². The Morgan fingerprint density at radius 1 is 0.882 bits per heavy atom. The van der Waals surface area contributed by atoms with Gasteiger partial charge >= 0.3 is 0 Å². The summed E-state index contributed by atoms with van der Waals surface area (Å²) in [6, 6.07) is 7.82. The number of rotatable bonds is 3. The molecule has 0 aliphatic rings. The molecule has 3 nitrogen and oxygen atoms in total. The molecule has 0 heterocycles. The molecular weight excluding hydrogens is 216 g/mol. The second kappa shape index (κ2) is 4.53. The minimum Gasteiger partial charge on any atom is -0.493 e. The van der Waals surface area contributed by atoms with E-state index in [4.69, 9.17) is 14.2 Å². The first-order chi connectivity index (χ1) is 8.21. The molecule has 3 heteroatoms. The van der Waals surface area contributed by atoms with Crippen molar-refractivity contribution in [1.82, 2.24) is 0 Å². The number of benzene rings is 2. The fourth-order valence-corrected chi connectivity index (χ4v) is 1.93. The van der Waals surface area contributed by atoms with E-state index in [0.717, 1.165) is 16.3 Å². The van der Waals surface area contributed by atoms with E-state index in [-0.39, 0.29) is 0 Å². The first-order valence-electron chi connectivity index (χ1n) is 5.26. The Balaban J connectivity index is 2.83. The molecule has 0 fully saturated rings. The van der Waals surface area contributed by atoms with Gasteiger partial charge < -0.3 is 14.2 Å². The molecule has 0 aliphatic heterocycles. The molecule has 2 aromatic rings. The van der Waals surface area contributed by atoms with E-state index < -0.39 is 0 Å². The average molecular weight is 231 g/mol. The van der Waals surface area contributed by atoms with Crippen molar-refractivity contribution in [2.75, 3.05) is 21.3 Å². The SMILES string of the molecule is [CH2]c1ccc2c(OC)c(OC)c(OC)cc2c1. The van der Waals surface area contributed by atoms with Crippen molar-refractivity contribution in [3.8, 4) is 17.2 Å². The van der Waals surface area contributed by atoms with Gasteiger partial charge in [-0.1, -0.05) is 18.2 Å². The second-order valence-corrected chi connectivity index (χ2v) is 3.70. The molecule has 0 aromatic heterocycles. The van der Waals surface area contributed by atoms with Crippen LogP contribution in [0.5, 0.6) is 17.2 Å². The zero-order valence-corrected chi connectivity index (χ0v) is 10.2. The predicted octanol–water partition coefficient (Wildman–Crippen LogP) is 3.05. The summed E-state index contributed by atoms with van der Waals surface area (Å²) in [6.07, 6.45) is 0.